The Hall–Kier alpha value is -0.420. The van der Waals surface area contributed by atoms with E-state index in [1.165, 1.54) is 32.1 Å². The highest BCUT2D eigenvalue weighted by Crippen LogP contribution is 2.68. The molecule has 4 rings (SSSR count). The van der Waals surface area contributed by atoms with E-state index < -0.39 is 0 Å². The quantitative estimate of drug-likeness (QED) is 0.596. The topological polar surface area (TPSA) is 70.5 Å². The van der Waals surface area contributed by atoms with Crippen LogP contribution in [-0.2, 0) is 9.47 Å². The highest BCUT2D eigenvalue weighted by Gasteiger charge is 2.61. The zero-order valence-electron chi connectivity index (χ0n) is 19.9. The van der Waals surface area contributed by atoms with Gasteiger partial charge in [-0.05, 0) is 85.4 Å². The summed E-state index contributed by atoms with van der Waals surface area (Å²) in [7, 11) is 0. The number of rotatable bonds is 7. The second-order valence-corrected chi connectivity index (χ2v) is 11.5. The molecule has 0 aliphatic heterocycles. The minimum atomic E-state index is 0.231. The summed E-state index contributed by atoms with van der Waals surface area (Å²) in [5.74, 6) is 3.87. The second-order valence-electron chi connectivity index (χ2n) is 11.5. The maximum absolute atomic E-state index is 6.53. The molecule has 4 N–H and O–H groups in total. The zero-order chi connectivity index (χ0) is 21.5. The summed E-state index contributed by atoms with van der Waals surface area (Å²) in [6, 6.07) is 0. The fourth-order valence-corrected chi connectivity index (χ4v) is 8.51. The molecule has 2 unspecified atom stereocenters. The monoisotopic (exact) mass is 418 g/mol. The molecule has 0 aromatic rings. The lowest BCUT2D eigenvalue weighted by atomic mass is 9.45. The van der Waals surface area contributed by atoms with Gasteiger partial charge in [-0.3, -0.25) is 0 Å². The molecule has 4 heteroatoms. The van der Waals surface area contributed by atoms with Crippen molar-refractivity contribution in [3.8, 4) is 0 Å². The highest BCUT2D eigenvalue weighted by molar-refractivity contribution is 5.27. The average Bonchev–Trinajstić information content (AvgIpc) is 3.08. The van der Waals surface area contributed by atoms with E-state index in [0.717, 1.165) is 36.5 Å². The van der Waals surface area contributed by atoms with E-state index in [-0.39, 0.29) is 6.10 Å². The first-order valence-electron chi connectivity index (χ1n) is 12.7. The molecule has 0 bridgehead atoms. The molecule has 0 heterocycles. The Balaban J connectivity index is 1.65. The predicted octanol–water partition coefficient (Wildman–Crippen LogP) is 4.52. The van der Waals surface area contributed by atoms with Crippen molar-refractivity contribution in [3.63, 3.8) is 0 Å². The summed E-state index contributed by atoms with van der Waals surface area (Å²) in [4.78, 5) is 0. The molecule has 4 aliphatic carbocycles. The van der Waals surface area contributed by atoms with Gasteiger partial charge in [0.15, 0.2) is 0 Å². The maximum Gasteiger partial charge on any atom is 0.0759 e. The summed E-state index contributed by atoms with van der Waals surface area (Å²) in [6.07, 6.45) is 12.0. The van der Waals surface area contributed by atoms with Gasteiger partial charge in [-0.15, -0.1) is 0 Å². The van der Waals surface area contributed by atoms with Crippen molar-refractivity contribution >= 4 is 0 Å². The molecule has 172 valence electrons. The minimum Gasteiger partial charge on any atom is -0.376 e. The van der Waals surface area contributed by atoms with Gasteiger partial charge in [0, 0.05) is 13.1 Å². The molecule has 0 aromatic carbocycles. The molecule has 0 aromatic heterocycles. The number of hydrogen-bond donors (Lipinski definition) is 2. The van der Waals surface area contributed by atoms with Gasteiger partial charge >= 0.3 is 0 Å². The Kier molecular flexibility index (Phi) is 6.71. The number of fused-ring (bicyclic) bond motifs is 5. The van der Waals surface area contributed by atoms with Gasteiger partial charge in [0.2, 0.25) is 0 Å². The van der Waals surface area contributed by atoms with E-state index in [2.05, 4.69) is 33.8 Å². The van der Waals surface area contributed by atoms with Gasteiger partial charge in [-0.25, -0.2) is 0 Å². The molecule has 0 radical (unpaired) electrons. The van der Waals surface area contributed by atoms with Gasteiger partial charge in [0.05, 0.1) is 25.4 Å². The van der Waals surface area contributed by atoms with E-state index in [1.54, 1.807) is 5.57 Å². The maximum atomic E-state index is 6.53. The lowest BCUT2D eigenvalue weighted by Gasteiger charge is -2.61. The first-order valence-corrected chi connectivity index (χ1v) is 12.7. The molecule has 0 amide bonds. The first-order chi connectivity index (χ1) is 14.3. The Morgan fingerprint density at radius 1 is 0.967 bits per heavy atom. The SMILES string of the molecule is CC(C)[C@H]1CC[C@H]2C3C(OCCN)CC4=C[C@H](OCCN)CC[C@]4(C)[C@H]3CC[C@]12C. The summed E-state index contributed by atoms with van der Waals surface area (Å²) in [5, 5.41) is 0. The van der Waals surface area contributed by atoms with Gasteiger partial charge in [-0.1, -0.05) is 39.3 Å². The van der Waals surface area contributed by atoms with Gasteiger partial charge in [0.1, 0.15) is 0 Å². The molecule has 3 saturated carbocycles. The third-order valence-corrected chi connectivity index (χ3v) is 9.85. The van der Waals surface area contributed by atoms with Crippen molar-refractivity contribution in [2.24, 2.45) is 51.9 Å². The molecule has 30 heavy (non-hydrogen) atoms. The fraction of sp³-hybridized carbons (Fsp3) is 0.923. The van der Waals surface area contributed by atoms with Crippen LogP contribution >= 0.6 is 0 Å². The lowest BCUT2D eigenvalue weighted by molar-refractivity contribution is -0.134. The standard InChI is InChI=1S/C26H46N2O2/c1-17(2)20-5-6-21-24-22(8-10-26(20,21)4)25(3)9-7-19(29-13-11-27)15-18(25)16-23(24)30-14-12-28/h15,17,19-24H,5-14,16,27-28H2,1-4H3/t19-,20-,21+,22+,23?,24?,25+,26-/m1/s1. The minimum absolute atomic E-state index is 0.231. The molecular weight excluding hydrogens is 372 g/mol. The first kappa shape index (κ1) is 22.8. The van der Waals surface area contributed by atoms with Crippen LogP contribution in [0.1, 0.15) is 72.6 Å². The summed E-state index contributed by atoms with van der Waals surface area (Å²) < 4.78 is 12.6. The third-order valence-electron chi connectivity index (χ3n) is 9.85. The van der Waals surface area contributed by atoms with E-state index in [0.29, 0.717) is 49.2 Å². The Labute approximate surface area is 184 Å². The van der Waals surface area contributed by atoms with Crippen molar-refractivity contribution < 1.29 is 9.47 Å². The molecule has 4 aliphatic rings. The molecule has 3 fully saturated rings. The predicted molar refractivity (Wildman–Crippen MR) is 123 cm³/mol. The fourth-order valence-electron chi connectivity index (χ4n) is 8.51. The van der Waals surface area contributed by atoms with Crippen LogP contribution in [0.4, 0.5) is 0 Å². The normalized spacial score (nSPS) is 45.6. The Morgan fingerprint density at radius 3 is 2.40 bits per heavy atom. The second kappa shape index (κ2) is 8.84. The van der Waals surface area contributed by atoms with Gasteiger partial charge in [0.25, 0.3) is 0 Å². The van der Waals surface area contributed by atoms with E-state index in [4.69, 9.17) is 20.9 Å². The van der Waals surface area contributed by atoms with Crippen LogP contribution < -0.4 is 11.5 Å². The third kappa shape index (κ3) is 3.70. The summed E-state index contributed by atoms with van der Waals surface area (Å²) in [6.45, 7) is 12.6. The zero-order valence-corrected chi connectivity index (χ0v) is 19.9. The highest BCUT2D eigenvalue weighted by atomic mass is 16.5. The molecule has 4 nitrogen and oxygen atoms in total. The van der Waals surface area contributed by atoms with Crippen molar-refractivity contribution in [1.82, 2.24) is 0 Å². The van der Waals surface area contributed by atoms with Crippen LogP contribution in [0.5, 0.6) is 0 Å². The number of nitrogens with two attached hydrogens (primary N) is 2. The van der Waals surface area contributed by atoms with Crippen molar-refractivity contribution in [3.05, 3.63) is 11.6 Å². The van der Waals surface area contributed by atoms with Crippen LogP contribution in [0.25, 0.3) is 0 Å². The van der Waals surface area contributed by atoms with E-state index >= 15 is 0 Å². The molecule has 0 spiro atoms. The Bertz CT molecular complexity index is 635. The van der Waals surface area contributed by atoms with Crippen LogP contribution in [0.3, 0.4) is 0 Å². The van der Waals surface area contributed by atoms with Crippen LogP contribution in [0, 0.1) is 40.4 Å². The van der Waals surface area contributed by atoms with Crippen molar-refractivity contribution in [2.45, 2.75) is 84.8 Å². The smallest absolute Gasteiger partial charge is 0.0759 e. The summed E-state index contributed by atoms with van der Waals surface area (Å²) in [5.41, 5.74) is 14.0. The van der Waals surface area contributed by atoms with Crippen molar-refractivity contribution in [2.75, 3.05) is 26.3 Å². The largest absolute Gasteiger partial charge is 0.376 e. The Morgan fingerprint density at radius 2 is 1.70 bits per heavy atom. The van der Waals surface area contributed by atoms with Crippen LogP contribution in [-0.4, -0.2) is 38.5 Å². The van der Waals surface area contributed by atoms with Gasteiger partial charge in [-0.2, -0.15) is 0 Å². The van der Waals surface area contributed by atoms with Crippen molar-refractivity contribution in [1.29, 1.82) is 0 Å². The average molecular weight is 419 g/mol. The van der Waals surface area contributed by atoms with Gasteiger partial charge < -0.3 is 20.9 Å². The number of hydrogen-bond acceptors (Lipinski definition) is 4. The molecule has 0 saturated heterocycles. The van der Waals surface area contributed by atoms with Crippen LogP contribution in [0.15, 0.2) is 11.6 Å². The lowest BCUT2D eigenvalue weighted by Crippen LogP contribution is -2.56. The van der Waals surface area contributed by atoms with E-state index in [1.807, 2.05) is 0 Å². The van der Waals surface area contributed by atoms with E-state index in [9.17, 15) is 0 Å². The van der Waals surface area contributed by atoms with Crippen LogP contribution in [0.2, 0.25) is 0 Å². The molecule has 8 atom stereocenters. The summed E-state index contributed by atoms with van der Waals surface area (Å²) >= 11 is 0. The number of ether oxygens (including phenoxy) is 2. The molecular formula is C26H46N2O2.